The standard InChI is InChI=1S/C17H21N3O3/c1-16(2,12-8-6-5-7-9-12)14(21)19-13-10-18-20(11-13)17(3,4)15(22)23/h5-11H,1-4H3,(H,19,21)(H,22,23). The lowest BCUT2D eigenvalue weighted by Gasteiger charge is -2.23. The normalized spacial score (nSPS) is 12.0. The molecule has 0 aliphatic rings. The van der Waals surface area contributed by atoms with Gasteiger partial charge in [0.05, 0.1) is 17.3 Å². The molecule has 0 saturated heterocycles. The maximum absolute atomic E-state index is 12.6. The van der Waals surface area contributed by atoms with Crippen LogP contribution in [0.3, 0.4) is 0 Å². The Hall–Kier alpha value is -2.63. The smallest absolute Gasteiger partial charge is 0.331 e. The number of anilines is 1. The summed E-state index contributed by atoms with van der Waals surface area (Å²) in [5.41, 5.74) is -0.534. The number of benzene rings is 1. The molecule has 1 amide bonds. The summed E-state index contributed by atoms with van der Waals surface area (Å²) in [7, 11) is 0. The van der Waals surface area contributed by atoms with Crippen LogP contribution in [0.4, 0.5) is 5.69 Å². The van der Waals surface area contributed by atoms with Crippen LogP contribution in [-0.4, -0.2) is 26.8 Å². The van der Waals surface area contributed by atoms with Crippen molar-refractivity contribution >= 4 is 17.6 Å². The van der Waals surface area contributed by atoms with Crippen LogP contribution < -0.4 is 5.32 Å². The number of amides is 1. The molecule has 0 spiro atoms. The summed E-state index contributed by atoms with van der Waals surface area (Å²) < 4.78 is 1.32. The van der Waals surface area contributed by atoms with Gasteiger partial charge in [0.25, 0.3) is 0 Å². The predicted molar refractivity (Wildman–Crippen MR) is 87.3 cm³/mol. The second-order valence-corrected chi connectivity index (χ2v) is 6.48. The third-order valence-electron chi connectivity index (χ3n) is 4.00. The molecule has 2 N–H and O–H groups in total. The molecular formula is C17H21N3O3. The number of nitrogens with zero attached hydrogens (tertiary/aromatic N) is 2. The summed E-state index contributed by atoms with van der Waals surface area (Å²) in [5.74, 6) is -1.18. The quantitative estimate of drug-likeness (QED) is 0.888. The molecule has 2 rings (SSSR count). The van der Waals surface area contributed by atoms with E-state index >= 15 is 0 Å². The Kier molecular flexibility index (Phi) is 4.27. The molecule has 0 saturated carbocycles. The fraction of sp³-hybridized carbons (Fsp3) is 0.353. The summed E-state index contributed by atoms with van der Waals surface area (Å²) in [4.78, 5) is 23.8. The van der Waals surface area contributed by atoms with E-state index in [1.807, 2.05) is 44.2 Å². The van der Waals surface area contributed by atoms with Gasteiger partial charge in [0.1, 0.15) is 0 Å². The molecular weight excluding hydrogens is 294 g/mol. The Morgan fingerprint density at radius 1 is 1.13 bits per heavy atom. The van der Waals surface area contributed by atoms with E-state index in [0.29, 0.717) is 5.69 Å². The number of carboxylic acids is 1. The van der Waals surface area contributed by atoms with E-state index in [1.54, 1.807) is 13.8 Å². The minimum Gasteiger partial charge on any atom is -0.479 e. The number of carbonyl (C=O) groups excluding carboxylic acids is 1. The van der Waals surface area contributed by atoms with Crippen LogP contribution in [0, 0.1) is 0 Å². The van der Waals surface area contributed by atoms with E-state index < -0.39 is 16.9 Å². The van der Waals surface area contributed by atoms with Crippen molar-refractivity contribution in [1.82, 2.24) is 9.78 Å². The van der Waals surface area contributed by atoms with E-state index in [9.17, 15) is 14.7 Å². The molecule has 122 valence electrons. The zero-order valence-electron chi connectivity index (χ0n) is 13.7. The molecule has 2 aromatic rings. The molecule has 1 heterocycles. The minimum atomic E-state index is -1.18. The molecule has 0 aliphatic heterocycles. The fourth-order valence-electron chi connectivity index (χ4n) is 2.06. The van der Waals surface area contributed by atoms with Crippen molar-refractivity contribution in [1.29, 1.82) is 0 Å². The molecule has 0 unspecified atom stereocenters. The van der Waals surface area contributed by atoms with Crippen LogP contribution in [0.1, 0.15) is 33.3 Å². The Labute approximate surface area is 135 Å². The van der Waals surface area contributed by atoms with Gasteiger partial charge in [-0.1, -0.05) is 30.3 Å². The number of aliphatic carboxylic acids is 1. The fourth-order valence-corrected chi connectivity index (χ4v) is 2.06. The highest BCUT2D eigenvalue weighted by Crippen LogP contribution is 2.25. The second-order valence-electron chi connectivity index (χ2n) is 6.48. The zero-order valence-corrected chi connectivity index (χ0v) is 13.7. The number of nitrogens with one attached hydrogen (secondary N) is 1. The average Bonchev–Trinajstić information content (AvgIpc) is 2.97. The molecule has 1 aromatic heterocycles. The molecule has 0 radical (unpaired) electrons. The first-order valence-corrected chi connectivity index (χ1v) is 7.31. The molecule has 0 atom stereocenters. The number of hydrogen-bond donors (Lipinski definition) is 2. The van der Waals surface area contributed by atoms with E-state index in [-0.39, 0.29) is 5.91 Å². The topological polar surface area (TPSA) is 84.2 Å². The van der Waals surface area contributed by atoms with Crippen molar-refractivity contribution in [3.63, 3.8) is 0 Å². The van der Waals surface area contributed by atoms with Gasteiger partial charge in [0.15, 0.2) is 5.54 Å². The third-order valence-corrected chi connectivity index (χ3v) is 4.00. The third kappa shape index (κ3) is 3.26. The largest absolute Gasteiger partial charge is 0.479 e. The van der Waals surface area contributed by atoms with E-state index in [4.69, 9.17) is 0 Å². The van der Waals surface area contributed by atoms with Crippen molar-refractivity contribution < 1.29 is 14.7 Å². The van der Waals surface area contributed by atoms with Gasteiger partial charge in [-0.25, -0.2) is 4.79 Å². The molecule has 6 heteroatoms. The van der Waals surface area contributed by atoms with Gasteiger partial charge in [-0.15, -0.1) is 0 Å². The molecule has 0 aliphatic carbocycles. The highest BCUT2D eigenvalue weighted by Gasteiger charge is 2.32. The average molecular weight is 315 g/mol. The maximum Gasteiger partial charge on any atom is 0.331 e. The van der Waals surface area contributed by atoms with Gasteiger partial charge in [-0.05, 0) is 33.3 Å². The highest BCUT2D eigenvalue weighted by molar-refractivity contribution is 5.98. The monoisotopic (exact) mass is 315 g/mol. The first-order valence-electron chi connectivity index (χ1n) is 7.31. The first kappa shape index (κ1) is 16.7. The summed E-state index contributed by atoms with van der Waals surface area (Å²) in [5, 5.41) is 16.1. The number of aromatic nitrogens is 2. The van der Waals surface area contributed by atoms with Gasteiger partial charge in [0, 0.05) is 6.20 Å². The summed E-state index contributed by atoms with van der Waals surface area (Å²) in [6.07, 6.45) is 2.97. The molecule has 23 heavy (non-hydrogen) atoms. The van der Waals surface area contributed by atoms with Crippen LogP contribution in [-0.2, 0) is 20.5 Å². The Balaban J connectivity index is 2.19. The summed E-state index contributed by atoms with van der Waals surface area (Å²) >= 11 is 0. The van der Waals surface area contributed by atoms with Crippen LogP contribution in [0.2, 0.25) is 0 Å². The van der Waals surface area contributed by atoms with Crippen molar-refractivity contribution in [2.75, 3.05) is 5.32 Å². The molecule has 6 nitrogen and oxygen atoms in total. The number of hydrogen-bond acceptors (Lipinski definition) is 3. The van der Waals surface area contributed by atoms with Crippen molar-refractivity contribution in [2.24, 2.45) is 0 Å². The number of carboxylic acid groups (broad SMARTS) is 1. The molecule has 0 fully saturated rings. The van der Waals surface area contributed by atoms with Gasteiger partial charge >= 0.3 is 5.97 Å². The van der Waals surface area contributed by atoms with Crippen molar-refractivity contribution in [2.45, 2.75) is 38.6 Å². The Morgan fingerprint density at radius 3 is 2.30 bits per heavy atom. The van der Waals surface area contributed by atoms with E-state index in [0.717, 1.165) is 5.56 Å². The lowest BCUT2D eigenvalue weighted by Crippen LogP contribution is -2.36. The minimum absolute atomic E-state index is 0.184. The predicted octanol–water partition coefficient (Wildman–Crippen LogP) is 2.62. The van der Waals surface area contributed by atoms with Crippen LogP contribution in [0.25, 0.3) is 0 Å². The SMILES string of the molecule is CC(C)(C(=O)Nc1cnn(C(C)(C)C(=O)O)c1)c1ccccc1. The number of carbonyl (C=O) groups is 2. The maximum atomic E-state index is 12.6. The number of rotatable bonds is 5. The lowest BCUT2D eigenvalue weighted by molar-refractivity contribution is -0.146. The van der Waals surface area contributed by atoms with Crippen LogP contribution in [0.15, 0.2) is 42.7 Å². The van der Waals surface area contributed by atoms with Crippen LogP contribution in [0.5, 0.6) is 0 Å². The van der Waals surface area contributed by atoms with Gasteiger partial charge in [-0.3, -0.25) is 9.48 Å². The van der Waals surface area contributed by atoms with Crippen molar-refractivity contribution in [3.05, 3.63) is 48.3 Å². The first-order chi connectivity index (χ1) is 10.7. The molecule has 1 aromatic carbocycles. The van der Waals surface area contributed by atoms with Gasteiger partial charge < -0.3 is 10.4 Å². The Bertz CT molecular complexity index is 718. The zero-order chi connectivity index (χ0) is 17.3. The second kappa shape index (κ2) is 5.87. The lowest BCUT2D eigenvalue weighted by atomic mass is 9.84. The highest BCUT2D eigenvalue weighted by atomic mass is 16.4. The van der Waals surface area contributed by atoms with Gasteiger partial charge in [0.2, 0.25) is 5.91 Å². The molecule has 0 bridgehead atoms. The van der Waals surface area contributed by atoms with Crippen molar-refractivity contribution in [3.8, 4) is 0 Å². The van der Waals surface area contributed by atoms with E-state index in [2.05, 4.69) is 10.4 Å². The van der Waals surface area contributed by atoms with Crippen LogP contribution >= 0.6 is 0 Å². The Morgan fingerprint density at radius 2 is 1.74 bits per heavy atom. The van der Waals surface area contributed by atoms with E-state index in [1.165, 1.54) is 17.1 Å². The summed E-state index contributed by atoms with van der Waals surface area (Å²) in [6, 6.07) is 9.47. The van der Waals surface area contributed by atoms with Gasteiger partial charge in [-0.2, -0.15) is 5.10 Å². The summed E-state index contributed by atoms with van der Waals surface area (Å²) in [6.45, 7) is 6.76.